The van der Waals surface area contributed by atoms with Gasteiger partial charge in [-0.25, -0.2) is 9.78 Å². The first kappa shape index (κ1) is 12.2. The third kappa shape index (κ3) is 2.23. The highest BCUT2D eigenvalue weighted by molar-refractivity contribution is 5.92. The fourth-order valence-electron chi connectivity index (χ4n) is 2.97. The molecule has 1 saturated carbocycles. The Hall–Kier alpha value is -1.84. The van der Waals surface area contributed by atoms with Crippen molar-refractivity contribution in [3.63, 3.8) is 0 Å². The van der Waals surface area contributed by atoms with Gasteiger partial charge in [0, 0.05) is 6.04 Å². The summed E-state index contributed by atoms with van der Waals surface area (Å²) in [4.78, 5) is 15.5. The maximum Gasteiger partial charge on any atom is 0.335 e. The Bertz CT molecular complexity index is 610. The Morgan fingerprint density at radius 1 is 1.32 bits per heavy atom. The van der Waals surface area contributed by atoms with E-state index in [1.807, 2.05) is 6.33 Å². The molecule has 1 heterocycles. The van der Waals surface area contributed by atoms with Gasteiger partial charge in [-0.2, -0.15) is 0 Å². The molecule has 4 heteroatoms. The normalized spacial score (nSPS) is 23.6. The van der Waals surface area contributed by atoms with Crippen molar-refractivity contribution in [3.8, 4) is 0 Å². The minimum Gasteiger partial charge on any atom is -0.478 e. The van der Waals surface area contributed by atoms with Gasteiger partial charge in [0.25, 0.3) is 0 Å². The first-order chi connectivity index (χ1) is 9.15. The molecule has 1 fully saturated rings. The van der Waals surface area contributed by atoms with Crippen molar-refractivity contribution in [1.29, 1.82) is 0 Å². The van der Waals surface area contributed by atoms with Crippen LogP contribution in [0.4, 0.5) is 0 Å². The third-order valence-corrected chi connectivity index (χ3v) is 4.20. The number of nitrogens with zero attached hydrogens (tertiary/aromatic N) is 2. The monoisotopic (exact) mass is 258 g/mol. The van der Waals surface area contributed by atoms with Gasteiger partial charge in [0.1, 0.15) is 0 Å². The number of rotatable bonds is 2. The SMILES string of the molecule is CC1CCC(n2cnc3ccc(C(=O)O)cc32)CC1. The fourth-order valence-corrected chi connectivity index (χ4v) is 2.97. The number of hydrogen-bond acceptors (Lipinski definition) is 2. The minimum absolute atomic E-state index is 0.332. The Kier molecular flexibility index (Phi) is 3.01. The van der Waals surface area contributed by atoms with Crippen molar-refractivity contribution in [2.45, 2.75) is 38.6 Å². The summed E-state index contributed by atoms with van der Waals surface area (Å²) < 4.78 is 2.16. The third-order valence-electron chi connectivity index (χ3n) is 4.20. The number of hydrogen-bond donors (Lipinski definition) is 1. The topological polar surface area (TPSA) is 55.1 Å². The standard InChI is InChI=1S/C15H18N2O2/c1-10-2-5-12(6-3-10)17-9-16-13-7-4-11(15(18)19)8-14(13)17/h4,7-10,12H,2-3,5-6H2,1H3,(H,18,19). The first-order valence-corrected chi connectivity index (χ1v) is 6.85. The van der Waals surface area contributed by atoms with E-state index < -0.39 is 5.97 Å². The summed E-state index contributed by atoms with van der Waals surface area (Å²) in [5.41, 5.74) is 2.15. The zero-order valence-electron chi connectivity index (χ0n) is 11.0. The summed E-state index contributed by atoms with van der Waals surface area (Å²) in [5.74, 6) is -0.0764. The zero-order valence-corrected chi connectivity index (χ0v) is 11.0. The van der Waals surface area contributed by atoms with E-state index in [0.717, 1.165) is 29.8 Å². The van der Waals surface area contributed by atoms with Crippen LogP contribution in [0.3, 0.4) is 0 Å². The summed E-state index contributed by atoms with van der Waals surface area (Å²) in [6, 6.07) is 5.61. The highest BCUT2D eigenvalue weighted by atomic mass is 16.4. The molecule has 0 aliphatic heterocycles. The number of fused-ring (bicyclic) bond motifs is 1. The lowest BCUT2D eigenvalue weighted by Crippen LogP contribution is -2.16. The molecule has 0 spiro atoms. The minimum atomic E-state index is -0.882. The van der Waals surface area contributed by atoms with Gasteiger partial charge in [-0.05, 0) is 49.8 Å². The Labute approximate surface area is 112 Å². The second-order valence-electron chi connectivity index (χ2n) is 5.57. The highest BCUT2D eigenvalue weighted by Gasteiger charge is 2.21. The Morgan fingerprint density at radius 3 is 2.74 bits per heavy atom. The smallest absolute Gasteiger partial charge is 0.335 e. The molecule has 3 rings (SSSR count). The molecule has 0 bridgehead atoms. The molecule has 0 atom stereocenters. The van der Waals surface area contributed by atoms with Crippen LogP contribution in [0.25, 0.3) is 11.0 Å². The van der Waals surface area contributed by atoms with Crippen molar-refractivity contribution in [2.75, 3.05) is 0 Å². The van der Waals surface area contributed by atoms with E-state index in [1.165, 1.54) is 12.8 Å². The van der Waals surface area contributed by atoms with Crippen LogP contribution in [-0.2, 0) is 0 Å². The van der Waals surface area contributed by atoms with E-state index >= 15 is 0 Å². The molecule has 1 aromatic carbocycles. The zero-order chi connectivity index (χ0) is 13.4. The van der Waals surface area contributed by atoms with Crippen LogP contribution in [0.15, 0.2) is 24.5 Å². The van der Waals surface area contributed by atoms with Gasteiger partial charge in [0.2, 0.25) is 0 Å². The maximum atomic E-state index is 11.1. The predicted molar refractivity (Wildman–Crippen MR) is 73.4 cm³/mol. The molecule has 1 aliphatic carbocycles. The second-order valence-corrected chi connectivity index (χ2v) is 5.57. The predicted octanol–water partition coefficient (Wildman–Crippen LogP) is 3.49. The molecule has 1 N–H and O–H groups in total. The van der Waals surface area contributed by atoms with Gasteiger partial charge in [-0.3, -0.25) is 0 Å². The average Bonchev–Trinajstić information content (AvgIpc) is 2.82. The summed E-state index contributed by atoms with van der Waals surface area (Å²) in [5, 5.41) is 9.09. The van der Waals surface area contributed by atoms with Crippen LogP contribution in [0, 0.1) is 5.92 Å². The molecule has 0 amide bonds. The summed E-state index contributed by atoms with van der Waals surface area (Å²) in [6.45, 7) is 2.30. The van der Waals surface area contributed by atoms with E-state index in [1.54, 1.807) is 18.2 Å². The summed E-state index contributed by atoms with van der Waals surface area (Å²) in [7, 11) is 0. The molecular weight excluding hydrogens is 240 g/mol. The van der Waals surface area contributed by atoms with Crippen molar-refractivity contribution in [2.24, 2.45) is 5.92 Å². The second kappa shape index (κ2) is 4.68. The largest absolute Gasteiger partial charge is 0.478 e. The summed E-state index contributed by atoms with van der Waals surface area (Å²) >= 11 is 0. The van der Waals surface area contributed by atoms with E-state index in [-0.39, 0.29) is 0 Å². The average molecular weight is 258 g/mol. The maximum absolute atomic E-state index is 11.1. The molecule has 2 aromatic rings. The molecule has 0 unspecified atom stereocenters. The van der Waals surface area contributed by atoms with Crippen molar-refractivity contribution < 1.29 is 9.90 Å². The van der Waals surface area contributed by atoms with Gasteiger partial charge in [0.05, 0.1) is 22.9 Å². The number of carboxylic acid groups (broad SMARTS) is 1. The van der Waals surface area contributed by atoms with E-state index in [4.69, 9.17) is 5.11 Å². The Balaban J connectivity index is 1.99. The van der Waals surface area contributed by atoms with Gasteiger partial charge >= 0.3 is 5.97 Å². The molecule has 19 heavy (non-hydrogen) atoms. The molecule has 0 saturated heterocycles. The van der Waals surface area contributed by atoms with Crippen LogP contribution in [-0.4, -0.2) is 20.6 Å². The number of imidazole rings is 1. The lowest BCUT2D eigenvalue weighted by atomic mass is 9.87. The lowest BCUT2D eigenvalue weighted by molar-refractivity contribution is 0.0697. The number of carboxylic acids is 1. The van der Waals surface area contributed by atoms with E-state index in [2.05, 4.69) is 16.5 Å². The Morgan fingerprint density at radius 2 is 2.05 bits per heavy atom. The van der Waals surface area contributed by atoms with Gasteiger partial charge in [-0.1, -0.05) is 6.92 Å². The van der Waals surface area contributed by atoms with Crippen molar-refractivity contribution >= 4 is 17.0 Å². The van der Waals surface area contributed by atoms with Crippen LogP contribution < -0.4 is 0 Å². The number of carbonyl (C=O) groups is 1. The quantitative estimate of drug-likeness (QED) is 0.897. The highest BCUT2D eigenvalue weighted by Crippen LogP contribution is 2.33. The van der Waals surface area contributed by atoms with Gasteiger partial charge < -0.3 is 9.67 Å². The molecular formula is C15H18N2O2. The molecule has 4 nitrogen and oxygen atoms in total. The lowest BCUT2D eigenvalue weighted by Gasteiger charge is -2.27. The van der Waals surface area contributed by atoms with Crippen molar-refractivity contribution in [1.82, 2.24) is 9.55 Å². The van der Waals surface area contributed by atoms with Gasteiger partial charge in [0.15, 0.2) is 0 Å². The van der Waals surface area contributed by atoms with Gasteiger partial charge in [-0.15, -0.1) is 0 Å². The number of aromatic carboxylic acids is 1. The van der Waals surface area contributed by atoms with Crippen molar-refractivity contribution in [3.05, 3.63) is 30.1 Å². The molecule has 1 aromatic heterocycles. The van der Waals surface area contributed by atoms with E-state index in [9.17, 15) is 4.79 Å². The molecule has 1 aliphatic rings. The van der Waals surface area contributed by atoms with Crippen LogP contribution in [0.5, 0.6) is 0 Å². The van der Waals surface area contributed by atoms with Crippen LogP contribution in [0.1, 0.15) is 49.0 Å². The first-order valence-electron chi connectivity index (χ1n) is 6.85. The summed E-state index contributed by atoms with van der Waals surface area (Å²) in [6.07, 6.45) is 6.65. The number of aromatic nitrogens is 2. The van der Waals surface area contributed by atoms with E-state index in [0.29, 0.717) is 11.6 Å². The fraction of sp³-hybridized carbons (Fsp3) is 0.467. The molecule has 100 valence electrons. The molecule has 0 radical (unpaired) electrons. The van der Waals surface area contributed by atoms with Crippen LogP contribution >= 0.6 is 0 Å². The van der Waals surface area contributed by atoms with Crippen LogP contribution in [0.2, 0.25) is 0 Å². The number of benzene rings is 1.